The minimum Gasteiger partial charge on any atom is -0.390 e. The van der Waals surface area contributed by atoms with Crippen molar-refractivity contribution in [2.75, 3.05) is 0 Å². The summed E-state index contributed by atoms with van der Waals surface area (Å²) in [5.41, 5.74) is 0.532. The molecule has 0 heterocycles. The number of fused-ring (bicyclic) bond motifs is 3. The Kier molecular flexibility index (Phi) is 1.98. The molecule has 1 heteroatoms. The molecule has 1 nitrogen and oxygen atoms in total. The van der Waals surface area contributed by atoms with Crippen LogP contribution >= 0.6 is 0 Å². The summed E-state index contributed by atoms with van der Waals surface area (Å²) in [6, 6.07) is 0. The van der Waals surface area contributed by atoms with Gasteiger partial charge in [-0.25, -0.2) is 0 Å². The van der Waals surface area contributed by atoms with Gasteiger partial charge >= 0.3 is 0 Å². The maximum Gasteiger partial charge on any atom is 0.0656 e. The van der Waals surface area contributed by atoms with Crippen LogP contribution in [0.2, 0.25) is 0 Å². The van der Waals surface area contributed by atoms with Gasteiger partial charge in [-0.3, -0.25) is 0 Å². The van der Waals surface area contributed by atoms with Crippen molar-refractivity contribution in [2.45, 2.75) is 65.4 Å². The summed E-state index contributed by atoms with van der Waals surface area (Å²) in [6.07, 6.45) is 6.33. The molecule has 0 radical (unpaired) electrons. The van der Waals surface area contributed by atoms with E-state index in [1.54, 1.807) is 0 Å². The van der Waals surface area contributed by atoms with Gasteiger partial charge in [0.15, 0.2) is 0 Å². The van der Waals surface area contributed by atoms with E-state index in [9.17, 15) is 5.11 Å². The van der Waals surface area contributed by atoms with Gasteiger partial charge in [-0.15, -0.1) is 0 Å². The fourth-order valence-electron chi connectivity index (χ4n) is 5.50. The predicted octanol–water partition coefficient (Wildman–Crippen LogP) is 3.61. The van der Waals surface area contributed by atoms with Crippen molar-refractivity contribution in [1.82, 2.24) is 0 Å². The van der Waals surface area contributed by atoms with Gasteiger partial charge in [0, 0.05) is 0 Å². The van der Waals surface area contributed by atoms with Crippen molar-refractivity contribution in [3.05, 3.63) is 0 Å². The Morgan fingerprint density at radius 2 is 1.69 bits per heavy atom. The minimum atomic E-state index is -0.399. The Hall–Kier alpha value is -0.0400. The number of hydrogen-bond donors (Lipinski definition) is 1. The molecule has 3 fully saturated rings. The molecule has 0 amide bonds. The molecule has 0 aliphatic heterocycles. The van der Waals surface area contributed by atoms with E-state index in [0.29, 0.717) is 16.7 Å². The predicted molar refractivity (Wildman–Crippen MR) is 66.1 cm³/mol. The summed E-state index contributed by atoms with van der Waals surface area (Å²) in [5.74, 6) is 2.25. The first-order valence-electron chi connectivity index (χ1n) is 7.01. The van der Waals surface area contributed by atoms with Crippen LogP contribution in [0.1, 0.15) is 59.8 Å². The molecule has 0 saturated heterocycles. The van der Waals surface area contributed by atoms with Gasteiger partial charge in [0.25, 0.3) is 0 Å². The average Bonchev–Trinajstić information content (AvgIpc) is 2.66. The van der Waals surface area contributed by atoms with Crippen LogP contribution < -0.4 is 0 Å². The molecule has 0 spiro atoms. The van der Waals surface area contributed by atoms with Gasteiger partial charge < -0.3 is 5.11 Å². The molecule has 0 bridgehead atoms. The quantitative estimate of drug-likeness (QED) is 0.664. The molecule has 0 unspecified atom stereocenters. The van der Waals surface area contributed by atoms with Crippen molar-refractivity contribution in [3.63, 3.8) is 0 Å². The highest BCUT2D eigenvalue weighted by Gasteiger charge is 2.69. The van der Waals surface area contributed by atoms with Crippen LogP contribution in [0.25, 0.3) is 0 Å². The summed E-state index contributed by atoms with van der Waals surface area (Å²) in [4.78, 5) is 0. The molecule has 0 aromatic rings. The first-order valence-corrected chi connectivity index (χ1v) is 7.01. The molecule has 16 heavy (non-hydrogen) atoms. The second kappa shape index (κ2) is 2.85. The fraction of sp³-hybridized carbons (Fsp3) is 1.00. The maximum atomic E-state index is 10.8. The zero-order chi connectivity index (χ0) is 11.8. The molecule has 0 aromatic heterocycles. The van der Waals surface area contributed by atoms with E-state index in [4.69, 9.17) is 0 Å². The lowest BCUT2D eigenvalue weighted by Gasteiger charge is -2.52. The lowest BCUT2D eigenvalue weighted by atomic mass is 9.55. The fourth-order valence-corrected chi connectivity index (χ4v) is 5.50. The molecule has 92 valence electrons. The molecule has 0 aromatic carbocycles. The normalized spacial score (nSPS) is 58.7. The summed E-state index contributed by atoms with van der Waals surface area (Å²) < 4.78 is 0. The van der Waals surface area contributed by atoms with Gasteiger partial charge in [0.1, 0.15) is 0 Å². The second-order valence-electron chi connectivity index (χ2n) is 7.83. The van der Waals surface area contributed by atoms with E-state index in [1.807, 2.05) is 0 Å². The molecular formula is C15H26O. The van der Waals surface area contributed by atoms with E-state index in [0.717, 1.165) is 18.3 Å². The lowest BCUT2D eigenvalue weighted by molar-refractivity contribution is -0.122. The van der Waals surface area contributed by atoms with Crippen LogP contribution in [-0.2, 0) is 0 Å². The first-order chi connectivity index (χ1) is 7.29. The van der Waals surface area contributed by atoms with Gasteiger partial charge in [0.2, 0.25) is 0 Å². The second-order valence-corrected chi connectivity index (χ2v) is 7.83. The van der Waals surface area contributed by atoms with Crippen LogP contribution in [0.5, 0.6) is 0 Å². The van der Waals surface area contributed by atoms with Crippen LogP contribution in [0.4, 0.5) is 0 Å². The third-order valence-corrected chi connectivity index (χ3v) is 6.38. The van der Waals surface area contributed by atoms with Gasteiger partial charge in [-0.05, 0) is 61.2 Å². The summed E-state index contributed by atoms with van der Waals surface area (Å²) in [7, 11) is 0. The van der Waals surface area contributed by atoms with Crippen LogP contribution in [0.3, 0.4) is 0 Å². The molecular weight excluding hydrogens is 196 g/mol. The van der Waals surface area contributed by atoms with Gasteiger partial charge in [-0.1, -0.05) is 27.2 Å². The maximum absolute atomic E-state index is 10.8. The Morgan fingerprint density at radius 1 is 1.00 bits per heavy atom. The molecule has 3 aliphatic rings. The van der Waals surface area contributed by atoms with Crippen molar-refractivity contribution in [2.24, 2.45) is 28.6 Å². The Morgan fingerprint density at radius 3 is 2.38 bits per heavy atom. The third-order valence-electron chi connectivity index (χ3n) is 6.38. The summed E-state index contributed by atoms with van der Waals surface area (Å²) >= 11 is 0. The first kappa shape index (κ1) is 11.1. The van der Waals surface area contributed by atoms with Crippen molar-refractivity contribution < 1.29 is 5.11 Å². The van der Waals surface area contributed by atoms with Crippen molar-refractivity contribution in [3.8, 4) is 0 Å². The van der Waals surface area contributed by atoms with Crippen molar-refractivity contribution in [1.29, 1.82) is 0 Å². The molecule has 5 atom stereocenters. The highest BCUT2D eigenvalue weighted by molar-refractivity contribution is 5.18. The summed E-state index contributed by atoms with van der Waals surface area (Å²) in [6.45, 7) is 9.37. The SMILES string of the molecule is CC1(C)[C@@H]2[C@H]1CC[C@]1(C)CCC[C@](C)(O)[C@H]21. The standard InChI is InChI=1S/C15H26O/c1-13(2)10-6-9-14(3)7-5-8-15(4,16)12(14)11(10)13/h10-12,16H,5-9H2,1-4H3/t10-,11-,12-,14+,15+/m1/s1. The monoisotopic (exact) mass is 222 g/mol. The minimum absolute atomic E-state index is 0.399. The molecule has 3 saturated carbocycles. The molecule has 1 N–H and O–H groups in total. The largest absolute Gasteiger partial charge is 0.390 e. The van der Waals surface area contributed by atoms with E-state index < -0.39 is 5.60 Å². The van der Waals surface area contributed by atoms with Crippen LogP contribution in [-0.4, -0.2) is 10.7 Å². The van der Waals surface area contributed by atoms with E-state index in [2.05, 4.69) is 27.7 Å². The highest BCUT2D eigenvalue weighted by Crippen LogP contribution is 2.74. The molecule has 3 rings (SSSR count). The average molecular weight is 222 g/mol. The number of aliphatic hydroxyl groups is 1. The van der Waals surface area contributed by atoms with Gasteiger partial charge in [-0.2, -0.15) is 0 Å². The molecule has 3 aliphatic carbocycles. The number of rotatable bonds is 0. The van der Waals surface area contributed by atoms with Crippen LogP contribution in [0, 0.1) is 28.6 Å². The summed E-state index contributed by atoms with van der Waals surface area (Å²) in [5, 5.41) is 10.8. The Bertz CT molecular complexity index is 317. The Balaban J connectivity index is 1.98. The zero-order valence-electron chi connectivity index (χ0n) is 11.2. The van der Waals surface area contributed by atoms with Crippen LogP contribution in [0.15, 0.2) is 0 Å². The van der Waals surface area contributed by atoms with Crippen molar-refractivity contribution >= 4 is 0 Å². The number of hydrogen-bond acceptors (Lipinski definition) is 1. The lowest BCUT2D eigenvalue weighted by Crippen LogP contribution is -2.51. The Labute approximate surface area is 99.6 Å². The topological polar surface area (TPSA) is 20.2 Å². The van der Waals surface area contributed by atoms with Gasteiger partial charge in [0.05, 0.1) is 5.60 Å². The van der Waals surface area contributed by atoms with E-state index >= 15 is 0 Å². The van der Waals surface area contributed by atoms with E-state index in [-0.39, 0.29) is 0 Å². The van der Waals surface area contributed by atoms with E-state index in [1.165, 1.54) is 25.7 Å². The zero-order valence-corrected chi connectivity index (χ0v) is 11.2. The highest BCUT2D eigenvalue weighted by atomic mass is 16.3. The smallest absolute Gasteiger partial charge is 0.0656 e. The third kappa shape index (κ3) is 1.21.